The van der Waals surface area contributed by atoms with Gasteiger partial charge >= 0.3 is 0 Å². The second-order valence-electron chi connectivity index (χ2n) is 7.22. The molecule has 4 rings (SSSR count). The molecule has 33 heavy (non-hydrogen) atoms. The molecular weight excluding hydrogens is 553 g/mol. The lowest BCUT2D eigenvalue weighted by molar-refractivity contribution is -0.384. The van der Waals surface area contributed by atoms with E-state index in [-0.39, 0.29) is 11.6 Å². The molecule has 0 atom stereocenters. The third-order valence-corrected chi connectivity index (χ3v) is 6.46. The number of amides is 1. The number of nitrogens with one attached hydrogen (secondary N) is 1. The van der Waals surface area contributed by atoms with Crippen LogP contribution in [0.4, 0.5) is 11.4 Å². The smallest absolute Gasteiger partial charge is 0.269 e. The SMILES string of the molecule is Cc1ccc(N=C2NC(=O)/C(=C\c3ccc(OCc4ccc([N+](=O)[O-])cc4)c(I)c3)S2)cc1. The quantitative estimate of drug-likeness (QED) is 0.170. The zero-order valence-electron chi connectivity index (χ0n) is 17.4. The second-order valence-corrected chi connectivity index (χ2v) is 9.41. The van der Waals surface area contributed by atoms with Crippen LogP contribution in [0.2, 0.25) is 0 Å². The van der Waals surface area contributed by atoms with Gasteiger partial charge in [0.15, 0.2) is 5.17 Å². The number of ether oxygens (including phenoxy) is 1. The molecule has 1 heterocycles. The molecule has 0 spiro atoms. The predicted octanol–water partition coefficient (Wildman–Crippen LogP) is 5.98. The van der Waals surface area contributed by atoms with E-state index in [4.69, 9.17) is 4.74 Å². The maximum absolute atomic E-state index is 12.4. The molecule has 1 saturated heterocycles. The normalized spacial score (nSPS) is 15.6. The highest BCUT2D eigenvalue weighted by Crippen LogP contribution is 2.30. The first-order valence-corrected chi connectivity index (χ1v) is 11.8. The van der Waals surface area contributed by atoms with Crippen molar-refractivity contribution in [1.29, 1.82) is 0 Å². The minimum absolute atomic E-state index is 0.0478. The van der Waals surface area contributed by atoms with E-state index in [0.29, 0.717) is 22.4 Å². The second kappa shape index (κ2) is 10.2. The molecule has 7 nitrogen and oxygen atoms in total. The van der Waals surface area contributed by atoms with E-state index in [9.17, 15) is 14.9 Å². The lowest BCUT2D eigenvalue weighted by Gasteiger charge is -2.09. The highest BCUT2D eigenvalue weighted by molar-refractivity contribution is 14.1. The van der Waals surface area contributed by atoms with Crippen LogP contribution >= 0.6 is 34.4 Å². The Bertz CT molecular complexity index is 1270. The van der Waals surface area contributed by atoms with Gasteiger partial charge in [-0.05, 0) is 94.9 Å². The number of halogens is 1. The van der Waals surface area contributed by atoms with Crippen LogP contribution in [0.15, 0.2) is 76.6 Å². The van der Waals surface area contributed by atoms with Crippen LogP contribution in [0, 0.1) is 20.6 Å². The maximum atomic E-state index is 12.4. The number of carbonyl (C=O) groups excluding carboxylic acids is 1. The topological polar surface area (TPSA) is 93.8 Å². The van der Waals surface area contributed by atoms with Gasteiger partial charge in [0.05, 0.1) is 19.1 Å². The van der Waals surface area contributed by atoms with Crippen LogP contribution in [0.1, 0.15) is 16.7 Å². The van der Waals surface area contributed by atoms with Gasteiger partial charge in [-0.2, -0.15) is 0 Å². The van der Waals surface area contributed by atoms with E-state index < -0.39 is 4.92 Å². The summed E-state index contributed by atoms with van der Waals surface area (Å²) in [6, 6.07) is 19.7. The maximum Gasteiger partial charge on any atom is 0.269 e. The summed E-state index contributed by atoms with van der Waals surface area (Å²) >= 11 is 3.48. The van der Waals surface area contributed by atoms with E-state index >= 15 is 0 Å². The zero-order chi connectivity index (χ0) is 23.4. The molecule has 0 bridgehead atoms. The number of nitro groups is 1. The minimum Gasteiger partial charge on any atom is -0.488 e. The van der Waals surface area contributed by atoms with Crippen molar-refractivity contribution in [2.75, 3.05) is 0 Å². The summed E-state index contributed by atoms with van der Waals surface area (Å²) in [5, 5.41) is 14.1. The van der Waals surface area contributed by atoms with Crippen LogP contribution in [0.25, 0.3) is 6.08 Å². The number of carbonyl (C=O) groups is 1. The number of aryl methyl sites for hydroxylation is 1. The van der Waals surface area contributed by atoms with E-state index in [0.717, 1.165) is 25.9 Å². The summed E-state index contributed by atoms with van der Waals surface area (Å²) in [5.74, 6) is 0.514. The summed E-state index contributed by atoms with van der Waals surface area (Å²) in [7, 11) is 0. The number of nitrogens with zero attached hydrogens (tertiary/aromatic N) is 2. The molecule has 3 aromatic carbocycles. The van der Waals surface area contributed by atoms with Crippen molar-refractivity contribution in [3.8, 4) is 5.75 Å². The van der Waals surface area contributed by atoms with Gasteiger partial charge in [0.1, 0.15) is 12.4 Å². The van der Waals surface area contributed by atoms with Crippen molar-refractivity contribution in [1.82, 2.24) is 5.32 Å². The largest absolute Gasteiger partial charge is 0.488 e. The fraction of sp³-hybridized carbons (Fsp3) is 0.0833. The number of amidine groups is 1. The molecule has 0 aliphatic carbocycles. The van der Waals surface area contributed by atoms with Gasteiger partial charge in [0.25, 0.3) is 11.6 Å². The van der Waals surface area contributed by atoms with Crippen LogP contribution in [-0.4, -0.2) is 16.0 Å². The molecule has 1 fully saturated rings. The van der Waals surface area contributed by atoms with Crippen LogP contribution in [0.3, 0.4) is 0 Å². The fourth-order valence-corrected chi connectivity index (χ4v) is 4.50. The molecule has 1 aliphatic heterocycles. The predicted molar refractivity (Wildman–Crippen MR) is 139 cm³/mol. The summed E-state index contributed by atoms with van der Waals surface area (Å²) in [6.45, 7) is 2.31. The van der Waals surface area contributed by atoms with Gasteiger partial charge < -0.3 is 10.1 Å². The Morgan fingerprint density at radius 3 is 2.52 bits per heavy atom. The Labute approximate surface area is 208 Å². The van der Waals surface area contributed by atoms with E-state index in [1.54, 1.807) is 12.1 Å². The number of rotatable bonds is 6. The molecule has 3 aromatic rings. The van der Waals surface area contributed by atoms with Gasteiger partial charge in [-0.1, -0.05) is 23.8 Å². The summed E-state index contributed by atoms with van der Waals surface area (Å²) in [4.78, 5) is 27.7. The Morgan fingerprint density at radius 1 is 1.12 bits per heavy atom. The number of nitro benzene ring substituents is 1. The molecule has 1 amide bonds. The molecule has 0 unspecified atom stereocenters. The lowest BCUT2D eigenvalue weighted by Crippen LogP contribution is -2.19. The first-order valence-electron chi connectivity index (χ1n) is 9.89. The van der Waals surface area contributed by atoms with Crippen molar-refractivity contribution >= 4 is 62.9 Å². The molecule has 0 radical (unpaired) electrons. The monoisotopic (exact) mass is 571 g/mol. The summed E-state index contributed by atoms with van der Waals surface area (Å²) in [6.07, 6.45) is 1.82. The lowest BCUT2D eigenvalue weighted by atomic mass is 10.2. The van der Waals surface area contributed by atoms with Crippen molar-refractivity contribution in [3.05, 3.63) is 102 Å². The number of thioether (sulfide) groups is 1. The fourth-order valence-electron chi connectivity index (χ4n) is 2.97. The molecule has 166 valence electrons. The van der Waals surface area contributed by atoms with Crippen molar-refractivity contribution in [2.24, 2.45) is 4.99 Å². The highest BCUT2D eigenvalue weighted by atomic mass is 127. The van der Waals surface area contributed by atoms with Crippen molar-refractivity contribution in [3.63, 3.8) is 0 Å². The van der Waals surface area contributed by atoms with Crippen LogP contribution < -0.4 is 10.1 Å². The Kier molecular flexibility index (Phi) is 7.09. The van der Waals surface area contributed by atoms with Crippen LogP contribution in [0.5, 0.6) is 5.75 Å². The van der Waals surface area contributed by atoms with Gasteiger partial charge in [-0.15, -0.1) is 0 Å². The minimum atomic E-state index is -0.430. The first kappa shape index (κ1) is 23.0. The molecule has 1 aliphatic rings. The highest BCUT2D eigenvalue weighted by Gasteiger charge is 2.23. The molecule has 0 saturated carbocycles. The van der Waals surface area contributed by atoms with E-state index in [1.807, 2.05) is 55.5 Å². The zero-order valence-corrected chi connectivity index (χ0v) is 20.4. The third kappa shape index (κ3) is 5.99. The third-order valence-electron chi connectivity index (χ3n) is 4.71. The van der Waals surface area contributed by atoms with Crippen molar-refractivity contribution < 1.29 is 14.5 Å². The Hall–Kier alpha value is -3.18. The number of hydrogen-bond acceptors (Lipinski definition) is 6. The number of benzene rings is 3. The Morgan fingerprint density at radius 2 is 1.85 bits per heavy atom. The molecular formula is C24H18IN3O4S. The van der Waals surface area contributed by atoms with Gasteiger partial charge in [-0.25, -0.2) is 4.99 Å². The number of hydrogen-bond donors (Lipinski definition) is 1. The Balaban J connectivity index is 1.42. The van der Waals surface area contributed by atoms with Gasteiger partial charge in [0.2, 0.25) is 0 Å². The summed E-state index contributed by atoms with van der Waals surface area (Å²) in [5.41, 5.74) is 3.69. The molecule has 0 aromatic heterocycles. The molecule has 1 N–H and O–H groups in total. The average molecular weight is 571 g/mol. The van der Waals surface area contributed by atoms with Gasteiger partial charge in [0, 0.05) is 12.1 Å². The summed E-state index contributed by atoms with van der Waals surface area (Å²) < 4.78 is 6.75. The van der Waals surface area contributed by atoms with E-state index in [1.165, 1.54) is 23.9 Å². The average Bonchev–Trinajstić information content (AvgIpc) is 3.13. The molecule has 9 heteroatoms. The first-order chi connectivity index (χ1) is 15.9. The van der Waals surface area contributed by atoms with Crippen molar-refractivity contribution in [2.45, 2.75) is 13.5 Å². The number of aliphatic imine (C=N–C) groups is 1. The van der Waals surface area contributed by atoms with Crippen LogP contribution in [-0.2, 0) is 11.4 Å². The number of non-ortho nitro benzene ring substituents is 1. The standard InChI is InChI=1S/C24H18IN3O4S/c1-15-2-7-18(8-3-15)26-24-27-23(29)22(33-24)13-17-6-11-21(20(25)12-17)32-14-16-4-9-19(10-5-16)28(30)31/h2-13H,14H2,1H3,(H,26,27,29)/b22-13+. The van der Waals surface area contributed by atoms with E-state index in [2.05, 4.69) is 32.9 Å². The van der Waals surface area contributed by atoms with Gasteiger partial charge in [-0.3, -0.25) is 14.9 Å².